The van der Waals surface area contributed by atoms with Gasteiger partial charge < -0.3 is 77.6 Å². The summed E-state index contributed by atoms with van der Waals surface area (Å²) in [5, 5.41) is 70.7. The third-order valence-electron chi connectivity index (χ3n) is 6.28. The first-order chi connectivity index (χ1) is 15.0. The van der Waals surface area contributed by atoms with Crippen molar-refractivity contribution in [3.8, 4) is 0 Å². The molecule has 2 heterocycles. The van der Waals surface area contributed by atoms with Crippen molar-refractivity contribution >= 4 is 0 Å². The summed E-state index contributed by atoms with van der Waals surface area (Å²) in [4.78, 5) is 0. The van der Waals surface area contributed by atoms with Crippen molar-refractivity contribution in [3.05, 3.63) is 0 Å². The highest BCUT2D eigenvalue weighted by Crippen LogP contribution is 2.31. The highest BCUT2D eigenvalue weighted by molar-refractivity contribution is 5.06. The molecule has 0 radical (unpaired) electrons. The van der Waals surface area contributed by atoms with Gasteiger partial charge in [0.05, 0.1) is 30.8 Å². The van der Waals surface area contributed by atoms with Crippen molar-refractivity contribution < 1.29 is 54.7 Å². The van der Waals surface area contributed by atoms with Gasteiger partial charge >= 0.3 is 0 Å². The lowest BCUT2D eigenvalue weighted by atomic mass is 9.82. The molecular weight excluding hydrogens is 436 g/mol. The molecule has 0 amide bonds. The maximum atomic E-state index is 10.9. The van der Waals surface area contributed by atoms with Gasteiger partial charge in [0.25, 0.3) is 0 Å². The van der Waals surface area contributed by atoms with Gasteiger partial charge in [0.2, 0.25) is 0 Å². The zero-order valence-corrected chi connectivity index (χ0v) is 17.1. The predicted octanol–water partition coefficient (Wildman–Crippen LogP) is -7.68. The summed E-state index contributed by atoms with van der Waals surface area (Å²) >= 11 is 0. The highest BCUT2D eigenvalue weighted by Gasteiger charge is 2.54. The quantitative estimate of drug-likeness (QED) is 0.172. The van der Waals surface area contributed by atoms with Crippen LogP contribution in [0.15, 0.2) is 0 Å². The lowest BCUT2D eigenvalue weighted by Crippen LogP contribution is -2.72. The summed E-state index contributed by atoms with van der Waals surface area (Å²) in [7, 11) is 0. The van der Waals surface area contributed by atoms with Crippen LogP contribution in [0.4, 0.5) is 0 Å². The first-order valence-corrected chi connectivity index (χ1v) is 10.3. The predicted molar refractivity (Wildman–Crippen MR) is 103 cm³/mol. The van der Waals surface area contributed by atoms with Gasteiger partial charge in [-0.3, -0.25) is 0 Å². The van der Waals surface area contributed by atoms with Gasteiger partial charge in [0, 0.05) is 6.54 Å². The molecule has 15 atom stereocenters. The Labute approximate surface area is 183 Å². The average Bonchev–Trinajstić information content (AvgIpc) is 3.05. The summed E-state index contributed by atoms with van der Waals surface area (Å²) in [6.45, 7) is -0.751. The number of rotatable bonds is 6. The van der Waals surface area contributed by atoms with Crippen molar-refractivity contribution in [2.45, 2.75) is 91.7 Å². The molecule has 1 saturated carbocycles. The normalized spacial score (nSPS) is 54.7. The largest absolute Gasteiger partial charge is 0.394 e. The second-order valence-corrected chi connectivity index (χ2v) is 8.38. The fourth-order valence-corrected chi connectivity index (χ4v) is 4.19. The minimum atomic E-state index is -1.60. The zero-order valence-electron chi connectivity index (χ0n) is 17.1. The number of aliphatic hydroxyl groups is 7. The molecule has 188 valence electrons. The molecule has 15 N–H and O–H groups in total. The Morgan fingerprint density at radius 2 is 1.09 bits per heavy atom. The highest BCUT2D eigenvalue weighted by atomic mass is 16.7. The van der Waals surface area contributed by atoms with Crippen LogP contribution in [0, 0.1) is 0 Å². The van der Waals surface area contributed by atoms with Crippen LogP contribution < -0.4 is 22.9 Å². The average molecular weight is 470 g/mol. The van der Waals surface area contributed by atoms with Crippen molar-refractivity contribution in [3.63, 3.8) is 0 Å². The smallest absolute Gasteiger partial charge is 0.187 e. The summed E-state index contributed by atoms with van der Waals surface area (Å²) < 4.78 is 22.0. The van der Waals surface area contributed by atoms with E-state index >= 15 is 0 Å². The Bertz CT molecular complexity index is 621. The Kier molecular flexibility index (Phi) is 8.41. The molecule has 2 aliphatic heterocycles. The summed E-state index contributed by atoms with van der Waals surface area (Å²) in [6, 6.07) is -3.72. The molecule has 15 unspecified atom stereocenters. The van der Waals surface area contributed by atoms with E-state index < -0.39 is 98.4 Å². The Morgan fingerprint density at radius 3 is 1.59 bits per heavy atom. The molecule has 0 aromatic rings. The number of aliphatic hydroxyl groups excluding tert-OH is 7. The minimum absolute atomic E-state index is 0.158. The van der Waals surface area contributed by atoms with Crippen LogP contribution in [0.25, 0.3) is 0 Å². The van der Waals surface area contributed by atoms with E-state index in [1.165, 1.54) is 0 Å². The molecule has 0 bridgehead atoms. The van der Waals surface area contributed by atoms with Crippen LogP contribution in [0.1, 0.15) is 0 Å². The van der Waals surface area contributed by atoms with E-state index in [1.807, 2.05) is 0 Å². The van der Waals surface area contributed by atoms with Gasteiger partial charge in [-0.1, -0.05) is 0 Å². The van der Waals surface area contributed by atoms with Crippen LogP contribution in [-0.4, -0.2) is 141 Å². The monoisotopic (exact) mass is 470 g/mol. The number of hydrogen-bond acceptors (Lipinski definition) is 15. The second kappa shape index (κ2) is 10.3. The first-order valence-electron chi connectivity index (χ1n) is 10.3. The molecule has 15 nitrogen and oxygen atoms in total. The molecule has 1 aliphatic carbocycles. The van der Waals surface area contributed by atoms with E-state index in [1.54, 1.807) is 0 Å². The lowest BCUT2D eigenvalue weighted by Gasteiger charge is -2.48. The summed E-state index contributed by atoms with van der Waals surface area (Å²) in [6.07, 6.45) is -16.6. The third-order valence-corrected chi connectivity index (χ3v) is 6.28. The first kappa shape index (κ1) is 26.0. The molecule has 3 fully saturated rings. The Hall–Kier alpha value is -0.600. The van der Waals surface area contributed by atoms with E-state index in [-0.39, 0.29) is 6.54 Å². The van der Waals surface area contributed by atoms with Gasteiger partial charge in [-0.05, 0) is 0 Å². The SMILES string of the molecule is NCC1OC(OC2C(N)C(O)C(N)C(OC3OC(CO)C(O)C3O)C2O)C(N)C(O)C1O. The molecule has 0 aromatic carbocycles. The van der Waals surface area contributed by atoms with Gasteiger partial charge in [-0.15, -0.1) is 0 Å². The molecule has 32 heavy (non-hydrogen) atoms. The maximum absolute atomic E-state index is 10.9. The van der Waals surface area contributed by atoms with E-state index in [9.17, 15) is 35.7 Å². The van der Waals surface area contributed by atoms with Crippen LogP contribution in [0.5, 0.6) is 0 Å². The van der Waals surface area contributed by atoms with E-state index in [0.29, 0.717) is 0 Å². The Morgan fingerprint density at radius 1 is 0.594 bits per heavy atom. The molecule has 2 saturated heterocycles. The van der Waals surface area contributed by atoms with Crippen LogP contribution in [-0.2, 0) is 18.9 Å². The van der Waals surface area contributed by atoms with Crippen LogP contribution in [0.2, 0.25) is 0 Å². The van der Waals surface area contributed by atoms with Gasteiger partial charge in [-0.25, -0.2) is 0 Å². The van der Waals surface area contributed by atoms with Gasteiger partial charge in [-0.2, -0.15) is 0 Å². The minimum Gasteiger partial charge on any atom is -0.394 e. The maximum Gasteiger partial charge on any atom is 0.187 e. The van der Waals surface area contributed by atoms with Crippen molar-refractivity contribution in [2.75, 3.05) is 13.2 Å². The van der Waals surface area contributed by atoms with E-state index in [0.717, 1.165) is 0 Å². The van der Waals surface area contributed by atoms with Gasteiger partial charge in [0.15, 0.2) is 12.6 Å². The zero-order chi connectivity index (χ0) is 23.9. The standard InChI is InChI=1S/C17H34N4O11/c18-1-3-8(23)11(26)7(21)16(29-3)31-14-5(19)10(25)6(20)15(13(14)28)32-17-12(27)9(24)4(2-22)30-17/h3-17,22-28H,1-2,18-21H2. The molecular formula is C17H34N4O11. The number of hydrogen-bond donors (Lipinski definition) is 11. The van der Waals surface area contributed by atoms with E-state index in [4.69, 9.17) is 41.9 Å². The van der Waals surface area contributed by atoms with Crippen molar-refractivity contribution in [1.29, 1.82) is 0 Å². The van der Waals surface area contributed by atoms with Crippen molar-refractivity contribution in [2.24, 2.45) is 22.9 Å². The fraction of sp³-hybridized carbons (Fsp3) is 1.00. The lowest BCUT2D eigenvalue weighted by molar-refractivity contribution is -0.303. The molecule has 0 spiro atoms. The van der Waals surface area contributed by atoms with E-state index in [2.05, 4.69) is 0 Å². The molecule has 3 rings (SSSR count). The Balaban J connectivity index is 1.75. The van der Waals surface area contributed by atoms with Crippen molar-refractivity contribution in [1.82, 2.24) is 0 Å². The summed E-state index contributed by atoms with van der Waals surface area (Å²) in [5.74, 6) is 0. The van der Waals surface area contributed by atoms with Gasteiger partial charge in [0.1, 0.15) is 54.9 Å². The molecule has 3 aliphatic rings. The topological polar surface area (TPSA) is 283 Å². The number of nitrogens with two attached hydrogens (primary N) is 4. The number of ether oxygens (including phenoxy) is 4. The fourth-order valence-electron chi connectivity index (χ4n) is 4.19. The second-order valence-electron chi connectivity index (χ2n) is 8.38. The molecule has 0 aromatic heterocycles. The van der Waals surface area contributed by atoms with Crippen LogP contribution in [0.3, 0.4) is 0 Å². The van der Waals surface area contributed by atoms with Crippen LogP contribution >= 0.6 is 0 Å². The third kappa shape index (κ3) is 4.65. The molecule has 15 heteroatoms. The summed E-state index contributed by atoms with van der Waals surface area (Å²) in [5.41, 5.74) is 23.4.